The van der Waals surface area contributed by atoms with Crippen LogP contribution in [-0.4, -0.2) is 33.1 Å². The van der Waals surface area contributed by atoms with Crippen LogP contribution in [0.2, 0.25) is 5.02 Å². The molecule has 1 fully saturated rings. The molecule has 0 saturated carbocycles. The SMILES string of the molecule is Cc1cc(C=C2SC(=O)N(CC(=O)Nc3ccccc3F)C2=O)c(C)n1-c1ccc(Cl)cc1. The van der Waals surface area contributed by atoms with Gasteiger partial charge in [-0.05, 0) is 79.7 Å². The van der Waals surface area contributed by atoms with Gasteiger partial charge in [0.25, 0.3) is 11.1 Å². The van der Waals surface area contributed by atoms with E-state index in [1.807, 2.05) is 36.6 Å². The van der Waals surface area contributed by atoms with Crippen molar-refractivity contribution in [1.29, 1.82) is 0 Å². The molecule has 4 rings (SSSR count). The molecular formula is C24H19ClFN3O3S. The van der Waals surface area contributed by atoms with Gasteiger partial charge in [-0.15, -0.1) is 0 Å². The van der Waals surface area contributed by atoms with Crippen molar-refractivity contribution >= 4 is 52.2 Å². The molecule has 0 bridgehead atoms. The Balaban J connectivity index is 1.53. The number of thioether (sulfide) groups is 1. The number of halogens is 2. The molecule has 1 aliphatic rings. The molecule has 1 aromatic heterocycles. The average molecular weight is 484 g/mol. The summed E-state index contributed by atoms with van der Waals surface area (Å²) >= 11 is 6.75. The first-order valence-electron chi connectivity index (χ1n) is 9.99. The number of nitrogens with zero attached hydrogens (tertiary/aromatic N) is 2. The van der Waals surface area contributed by atoms with E-state index in [1.165, 1.54) is 18.2 Å². The highest BCUT2D eigenvalue weighted by Gasteiger charge is 2.36. The zero-order chi connectivity index (χ0) is 23.7. The molecule has 3 amide bonds. The van der Waals surface area contributed by atoms with E-state index < -0.39 is 29.4 Å². The van der Waals surface area contributed by atoms with Crippen LogP contribution in [0.4, 0.5) is 14.9 Å². The Morgan fingerprint density at radius 1 is 1.12 bits per heavy atom. The number of para-hydroxylation sites is 1. The van der Waals surface area contributed by atoms with E-state index in [0.717, 1.165) is 39.3 Å². The number of aryl methyl sites for hydroxylation is 1. The topological polar surface area (TPSA) is 71.4 Å². The van der Waals surface area contributed by atoms with Crippen molar-refractivity contribution in [1.82, 2.24) is 9.47 Å². The molecule has 0 aliphatic carbocycles. The smallest absolute Gasteiger partial charge is 0.294 e. The standard InChI is InChI=1S/C24H19ClFN3O3S/c1-14-11-16(15(2)29(14)18-9-7-17(25)8-10-18)12-21-23(31)28(24(32)33-21)13-22(30)27-20-6-4-3-5-19(20)26/h3-12H,13H2,1-2H3,(H,27,30). The van der Waals surface area contributed by atoms with E-state index in [-0.39, 0.29) is 10.6 Å². The lowest BCUT2D eigenvalue weighted by Gasteiger charge is -2.12. The highest BCUT2D eigenvalue weighted by molar-refractivity contribution is 8.18. The van der Waals surface area contributed by atoms with Gasteiger partial charge in [0, 0.05) is 22.1 Å². The van der Waals surface area contributed by atoms with Gasteiger partial charge in [-0.3, -0.25) is 19.3 Å². The lowest BCUT2D eigenvalue weighted by molar-refractivity contribution is -0.127. The van der Waals surface area contributed by atoms with Gasteiger partial charge in [-0.1, -0.05) is 23.7 Å². The highest BCUT2D eigenvalue weighted by Crippen LogP contribution is 2.34. The van der Waals surface area contributed by atoms with Crippen molar-refractivity contribution in [3.05, 3.63) is 87.3 Å². The Bertz CT molecular complexity index is 1300. The molecule has 0 unspecified atom stereocenters. The van der Waals surface area contributed by atoms with Crippen LogP contribution in [-0.2, 0) is 9.59 Å². The molecule has 2 aromatic carbocycles. The fraction of sp³-hybridized carbons (Fsp3) is 0.125. The summed E-state index contributed by atoms with van der Waals surface area (Å²) < 4.78 is 15.8. The third kappa shape index (κ3) is 4.72. The molecule has 1 saturated heterocycles. The van der Waals surface area contributed by atoms with Crippen molar-refractivity contribution in [2.24, 2.45) is 0 Å². The number of amides is 3. The maximum atomic E-state index is 13.8. The predicted octanol–water partition coefficient (Wildman–Crippen LogP) is 5.56. The van der Waals surface area contributed by atoms with Crippen LogP contribution >= 0.6 is 23.4 Å². The number of benzene rings is 2. The Kier molecular flexibility index (Phi) is 6.40. The second kappa shape index (κ2) is 9.25. The number of nitrogens with one attached hydrogen (secondary N) is 1. The molecule has 0 atom stereocenters. The van der Waals surface area contributed by atoms with E-state index in [9.17, 15) is 18.8 Å². The minimum absolute atomic E-state index is 0.0142. The zero-order valence-electron chi connectivity index (χ0n) is 17.8. The summed E-state index contributed by atoms with van der Waals surface area (Å²) in [5.74, 6) is -1.83. The van der Waals surface area contributed by atoms with Gasteiger partial charge >= 0.3 is 0 Å². The summed E-state index contributed by atoms with van der Waals surface area (Å²) in [5.41, 5.74) is 3.53. The number of rotatable bonds is 5. The van der Waals surface area contributed by atoms with Crippen LogP contribution in [0.25, 0.3) is 11.8 Å². The van der Waals surface area contributed by atoms with Gasteiger partial charge in [0.15, 0.2) is 0 Å². The second-order valence-electron chi connectivity index (χ2n) is 7.43. The molecular weight excluding hydrogens is 465 g/mol. The first-order chi connectivity index (χ1) is 15.7. The van der Waals surface area contributed by atoms with Crippen molar-refractivity contribution in [2.75, 3.05) is 11.9 Å². The van der Waals surface area contributed by atoms with Crippen LogP contribution in [0, 0.1) is 19.7 Å². The molecule has 3 aromatic rings. The summed E-state index contributed by atoms with van der Waals surface area (Å²) in [6.07, 6.45) is 1.65. The fourth-order valence-electron chi connectivity index (χ4n) is 3.59. The van der Waals surface area contributed by atoms with Crippen LogP contribution in [0.1, 0.15) is 17.0 Å². The number of aromatic nitrogens is 1. The number of carbonyl (C=O) groups is 3. The molecule has 168 valence electrons. The van der Waals surface area contributed by atoms with Crippen molar-refractivity contribution in [3.8, 4) is 5.69 Å². The monoisotopic (exact) mass is 483 g/mol. The van der Waals surface area contributed by atoms with E-state index in [1.54, 1.807) is 24.3 Å². The van der Waals surface area contributed by atoms with E-state index in [2.05, 4.69) is 5.32 Å². The number of carbonyl (C=O) groups excluding carboxylic acids is 3. The van der Waals surface area contributed by atoms with Gasteiger partial charge in [0.1, 0.15) is 12.4 Å². The van der Waals surface area contributed by atoms with Crippen molar-refractivity contribution in [3.63, 3.8) is 0 Å². The molecule has 1 aliphatic heterocycles. The quantitative estimate of drug-likeness (QED) is 0.482. The summed E-state index contributed by atoms with van der Waals surface area (Å²) in [6.45, 7) is 3.36. The minimum atomic E-state index is -0.662. The maximum absolute atomic E-state index is 13.8. The third-order valence-corrected chi connectivity index (χ3v) is 6.32. The third-order valence-electron chi connectivity index (χ3n) is 5.16. The highest BCUT2D eigenvalue weighted by atomic mass is 35.5. The van der Waals surface area contributed by atoms with Gasteiger partial charge in [0.2, 0.25) is 5.91 Å². The molecule has 2 heterocycles. The molecule has 9 heteroatoms. The van der Waals surface area contributed by atoms with E-state index in [4.69, 9.17) is 11.6 Å². The Labute approximate surface area is 199 Å². The average Bonchev–Trinajstić information content (AvgIpc) is 3.20. The fourth-order valence-corrected chi connectivity index (χ4v) is 4.55. The summed E-state index contributed by atoms with van der Waals surface area (Å²) in [7, 11) is 0. The number of hydrogen-bond acceptors (Lipinski definition) is 4. The summed E-state index contributed by atoms with van der Waals surface area (Å²) in [5, 5.41) is 2.46. The van der Waals surface area contributed by atoms with Gasteiger partial charge < -0.3 is 9.88 Å². The van der Waals surface area contributed by atoms with E-state index in [0.29, 0.717) is 5.02 Å². The Hall–Kier alpha value is -3.36. The van der Waals surface area contributed by atoms with Crippen molar-refractivity contribution < 1.29 is 18.8 Å². The summed E-state index contributed by atoms with van der Waals surface area (Å²) in [6, 6.07) is 15.0. The lowest BCUT2D eigenvalue weighted by Crippen LogP contribution is -2.36. The van der Waals surface area contributed by atoms with Crippen LogP contribution < -0.4 is 5.32 Å². The first-order valence-corrected chi connectivity index (χ1v) is 11.2. The minimum Gasteiger partial charge on any atom is -0.322 e. The van der Waals surface area contributed by atoms with Gasteiger partial charge in [-0.25, -0.2) is 4.39 Å². The molecule has 33 heavy (non-hydrogen) atoms. The van der Waals surface area contributed by atoms with Gasteiger partial charge in [0.05, 0.1) is 10.6 Å². The lowest BCUT2D eigenvalue weighted by atomic mass is 10.2. The van der Waals surface area contributed by atoms with Gasteiger partial charge in [-0.2, -0.15) is 0 Å². The van der Waals surface area contributed by atoms with E-state index >= 15 is 0 Å². The molecule has 6 nitrogen and oxygen atoms in total. The second-order valence-corrected chi connectivity index (χ2v) is 8.86. The van der Waals surface area contributed by atoms with Crippen LogP contribution in [0.3, 0.4) is 0 Å². The van der Waals surface area contributed by atoms with Crippen molar-refractivity contribution in [2.45, 2.75) is 13.8 Å². The normalized spacial score (nSPS) is 14.9. The number of imide groups is 1. The van der Waals surface area contributed by atoms with Crippen LogP contribution in [0.15, 0.2) is 59.5 Å². The maximum Gasteiger partial charge on any atom is 0.294 e. The zero-order valence-corrected chi connectivity index (χ0v) is 19.3. The predicted molar refractivity (Wildman–Crippen MR) is 128 cm³/mol. The number of hydrogen-bond donors (Lipinski definition) is 1. The Morgan fingerprint density at radius 3 is 2.52 bits per heavy atom. The first kappa shape index (κ1) is 22.8. The van der Waals surface area contributed by atoms with Crippen LogP contribution in [0.5, 0.6) is 0 Å². The molecule has 1 N–H and O–H groups in total. The largest absolute Gasteiger partial charge is 0.322 e. The molecule has 0 spiro atoms. The number of anilines is 1. The summed E-state index contributed by atoms with van der Waals surface area (Å²) in [4.78, 5) is 38.6. The molecule has 0 radical (unpaired) electrons. The Morgan fingerprint density at radius 2 is 1.82 bits per heavy atom.